The van der Waals surface area contributed by atoms with Crippen LogP contribution in [0.2, 0.25) is 0 Å². The molecule has 0 aromatic heterocycles. The lowest BCUT2D eigenvalue weighted by Gasteiger charge is -2.22. The molecule has 1 aliphatic carbocycles. The normalized spacial score (nSPS) is 16.9. The summed E-state index contributed by atoms with van der Waals surface area (Å²) in [5, 5.41) is 3.50. The molecule has 2 rings (SSSR count). The van der Waals surface area contributed by atoms with Crippen LogP contribution < -0.4 is 5.32 Å². The van der Waals surface area contributed by atoms with Gasteiger partial charge in [0.05, 0.1) is 0 Å². The van der Waals surface area contributed by atoms with E-state index < -0.39 is 0 Å². The van der Waals surface area contributed by atoms with E-state index in [1.165, 1.54) is 32.1 Å². The number of hydrogen-bond donors (Lipinski definition) is 1. The largest absolute Gasteiger partial charge is 0.314 e. The summed E-state index contributed by atoms with van der Waals surface area (Å²) < 4.78 is 0. The molecule has 0 amide bonds. The van der Waals surface area contributed by atoms with Crippen molar-refractivity contribution in [2.75, 3.05) is 6.54 Å². The number of carbonyl (C=O) groups excluding carboxylic acids is 1. The molecular weight excluding hydrogens is 210 g/mol. The van der Waals surface area contributed by atoms with E-state index in [1.807, 2.05) is 30.3 Å². The molecule has 1 fully saturated rings. The first-order valence-corrected chi connectivity index (χ1v) is 6.68. The van der Waals surface area contributed by atoms with Crippen LogP contribution in [0.4, 0.5) is 0 Å². The molecule has 0 unspecified atom stereocenters. The van der Waals surface area contributed by atoms with Crippen LogP contribution >= 0.6 is 0 Å². The van der Waals surface area contributed by atoms with E-state index in [1.54, 1.807) is 0 Å². The number of Topliss-reactive ketones (excluding diaryl/α,β-unsaturated/α-hetero) is 1. The van der Waals surface area contributed by atoms with Crippen LogP contribution in [0.25, 0.3) is 0 Å². The van der Waals surface area contributed by atoms with Crippen molar-refractivity contribution >= 4 is 5.78 Å². The van der Waals surface area contributed by atoms with Crippen molar-refractivity contribution in [2.45, 2.75) is 44.6 Å². The van der Waals surface area contributed by atoms with E-state index in [2.05, 4.69) is 5.32 Å². The van der Waals surface area contributed by atoms with Crippen LogP contribution in [-0.2, 0) is 0 Å². The molecule has 0 spiro atoms. The van der Waals surface area contributed by atoms with E-state index in [9.17, 15) is 4.79 Å². The Kier molecular flexibility index (Phi) is 4.75. The van der Waals surface area contributed by atoms with Gasteiger partial charge in [-0.2, -0.15) is 0 Å². The van der Waals surface area contributed by atoms with Crippen molar-refractivity contribution in [3.8, 4) is 0 Å². The third-order valence-corrected chi connectivity index (χ3v) is 3.49. The fraction of sp³-hybridized carbons (Fsp3) is 0.533. The predicted molar refractivity (Wildman–Crippen MR) is 70.3 cm³/mol. The molecule has 0 radical (unpaired) electrons. The molecular formula is C15H21NO. The molecule has 1 aromatic carbocycles. The highest BCUT2D eigenvalue weighted by Crippen LogP contribution is 2.17. The van der Waals surface area contributed by atoms with Gasteiger partial charge < -0.3 is 5.32 Å². The average molecular weight is 231 g/mol. The van der Waals surface area contributed by atoms with Gasteiger partial charge in [-0.25, -0.2) is 0 Å². The standard InChI is InChI=1S/C15H21NO/c17-15(13-7-3-1-4-8-13)11-12-16-14-9-5-2-6-10-14/h1,3-4,7-8,14,16H,2,5-6,9-12H2. The highest BCUT2D eigenvalue weighted by Gasteiger charge is 2.13. The predicted octanol–water partition coefficient (Wildman–Crippen LogP) is 3.18. The minimum atomic E-state index is 0.244. The molecule has 1 aliphatic rings. The maximum absolute atomic E-state index is 11.8. The lowest BCUT2D eigenvalue weighted by Crippen LogP contribution is -2.32. The molecule has 0 aliphatic heterocycles. The van der Waals surface area contributed by atoms with Crippen LogP contribution in [0.15, 0.2) is 30.3 Å². The van der Waals surface area contributed by atoms with Gasteiger partial charge in [0, 0.05) is 24.6 Å². The number of nitrogens with one attached hydrogen (secondary N) is 1. The Bertz CT molecular complexity index is 341. The molecule has 17 heavy (non-hydrogen) atoms. The SMILES string of the molecule is O=C(CCNC1CCCCC1)c1ccccc1. The Morgan fingerprint density at radius 2 is 1.82 bits per heavy atom. The zero-order chi connectivity index (χ0) is 11.9. The molecule has 0 saturated heterocycles. The van der Waals surface area contributed by atoms with Crippen LogP contribution in [0, 0.1) is 0 Å². The molecule has 1 aromatic rings. The molecule has 92 valence electrons. The minimum absolute atomic E-state index is 0.244. The van der Waals surface area contributed by atoms with Gasteiger partial charge >= 0.3 is 0 Å². The van der Waals surface area contributed by atoms with Crippen molar-refractivity contribution in [3.05, 3.63) is 35.9 Å². The molecule has 2 heteroatoms. The smallest absolute Gasteiger partial charge is 0.164 e. The Morgan fingerprint density at radius 1 is 1.12 bits per heavy atom. The quantitative estimate of drug-likeness (QED) is 0.789. The van der Waals surface area contributed by atoms with Gasteiger partial charge in [-0.15, -0.1) is 0 Å². The van der Waals surface area contributed by atoms with E-state index in [0.717, 1.165) is 12.1 Å². The summed E-state index contributed by atoms with van der Waals surface area (Å²) in [5.74, 6) is 0.244. The monoisotopic (exact) mass is 231 g/mol. The molecule has 1 saturated carbocycles. The summed E-state index contributed by atoms with van der Waals surface area (Å²) in [4.78, 5) is 11.8. The summed E-state index contributed by atoms with van der Waals surface area (Å²) in [6.45, 7) is 0.818. The second-order valence-electron chi connectivity index (χ2n) is 4.83. The van der Waals surface area contributed by atoms with Gasteiger partial charge in [0.1, 0.15) is 0 Å². The number of ketones is 1. The number of benzene rings is 1. The Morgan fingerprint density at radius 3 is 2.53 bits per heavy atom. The van der Waals surface area contributed by atoms with E-state index in [0.29, 0.717) is 12.5 Å². The molecule has 1 N–H and O–H groups in total. The summed E-state index contributed by atoms with van der Waals surface area (Å²) in [5.41, 5.74) is 0.831. The first-order valence-electron chi connectivity index (χ1n) is 6.68. The van der Waals surface area contributed by atoms with Gasteiger partial charge in [-0.1, -0.05) is 49.6 Å². The zero-order valence-corrected chi connectivity index (χ0v) is 10.3. The zero-order valence-electron chi connectivity index (χ0n) is 10.3. The summed E-state index contributed by atoms with van der Waals surface area (Å²) >= 11 is 0. The van der Waals surface area contributed by atoms with Crippen molar-refractivity contribution in [3.63, 3.8) is 0 Å². The fourth-order valence-corrected chi connectivity index (χ4v) is 2.46. The molecule has 0 atom stereocenters. The van der Waals surface area contributed by atoms with E-state index >= 15 is 0 Å². The highest BCUT2D eigenvalue weighted by atomic mass is 16.1. The van der Waals surface area contributed by atoms with Gasteiger partial charge in [-0.3, -0.25) is 4.79 Å². The Hall–Kier alpha value is -1.15. The van der Waals surface area contributed by atoms with Crippen LogP contribution in [0.3, 0.4) is 0 Å². The van der Waals surface area contributed by atoms with Crippen LogP contribution in [0.1, 0.15) is 48.9 Å². The van der Waals surface area contributed by atoms with E-state index in [4.69, 9.17) is 0 Å². The second kappa shape index (κ2) is 6.55. The first kappa shape index (κ1) is 12.3. The summed E-state index contributed by atoms with van der Waals surface area (Å²) in [6.07, 6.45) is 7.22. The Balaban J connectivity index is 1.69. The maximum atomic E-state index is 11.8. The van der Waals surface area contributed by atoms with Crippen molar-refractivity contribution < 1.29 is 4.79 Å². The second-order valence-corrected chi connectivity index (χ2v) is 4.83. The van der Waals surface area contributed by atoms with Gasteiger partial charge in [0.2, 0.25) is 0 Å². The van der Waals surface area contributed by atoms with Crippen molar-refractivity contribution in [2.24, 2.45) is 0 Å². The van der Waals surface area contributed by atoms with Crippen LogP contribution in [-0.4, -0.2) is 18.4 Å². The lowest BCUT2D eigenvalue weighted by molar-refractivity contribution is 0.0981. The highest BCUT2D eigenvalue weighted by molar-refractivity contribution is 5.96. The number of carbonyl (C=O) groups is 1. The number of rotatable bonds is 5. The molecule has 2 nitrogen and oxygen atoms in total. The first-order chi connectivity index (χ1) is 8.36. The summed E-state index contributed by atoms with van der Waals surface area (Å²) in [6, 6.07) is 10.2. The average Bonchev–Trinajstić information content (AvgIpc) is 2.41. The third-order valence-electron chi connectivity index (χ3n) is 3.49. The van der Waals surface area contributed by atoms with Gasteiger partial charge in [-0.05, 0) is 12.8 Å². The lowest BCUT2D eigenvalue weighted by atomic mass is 9.95. The van der Waals surface area contributed by atoms with Crippen LogP contribution in [0.5, 0.6) is 0 Å². The number of hydrogen-bond acceptors (Lipinski definition) is 2. The summed E-state index contributed by atoms with van der Waals surface area (Å²) in [7, 11) is 0. The van der Waals surface area contributed by atoms with Crippen molar-refractivity contribution in [1.82, 2.24) is 5.32 Å². The van der Waals surface area contributed by atoms with Gasteiger partial charge in [0.15, 0.2) is 5.78 Å². The molecule has 0 bridgehead atoms. The minimum Gasteiger partial charge on any atom is -0.314 e. The van der Waals surface area contributed by atoms with Crippen molar-refractivity contribution in [1.29, 1.82) is 0 Å². The fourth-order valence-electron chi connectivity index (χ4n) is 2.46. The van der Waals surface area contributed by atoms with E-state index in [-0.39, 0.29) is 5.78 Å². The third kappa shape index (κ3) is 3.97. The topological polar surface area (TPSA) is 29.1 Å². The Labute approximate surface area is 103 Å². The van der Waals surface area contributed by atoms with Gasteiger partial charge in [0.25, 0.3) is 0 Å². The maximum Gasteiger partial charge on any atom is 0.164 e. The molecule has 0 heterocycles.